The molecule has 0 aliphatic heterocycles. The smallest absolute Gasteiger partial charge is 0.257 e. The van der Waals surface area contributed by atoms with E-state index >= 15 is 0 Å². The molecule has 0 bridgehead atoms. The van der Waals surface area contributed by atoms with Crippen molar-refractivity contribution in [3.8, 4) is 0 Å². The van der Waals surface area contributed by atoms with E-state index in [2.05, 4.69) is 10.5 Å². The van der Waals surface area contributed by atoms with Crippen molar-refractivity contribution >= 4 is 5.91 Å². The van der Waals surface area contributed by atoms with Gasteiger partial charge in [-0.05, 0) is 12.5 Å². The zero-order chi connectivity index (χ0) is 13.0. The van der Waals surface area contributed by atoms with E-state index in [0.29, 0.717) is 11.3 Å². The van der Waals surface area contributed by atoms with E-state index in [1.807, 2.05) is 30.3 Å². The van der Waals surface area contributed by atoms with Crippen molar-refractivity contribution in [1.82, 2.24) is 10.5 Å². The number of hydrogen-bond acceptors (Lipinski definition) is 4. The summed E-state index contributed by atoms with van der Waals surface area (Å²) in [5.74, 6) is 0.147. The van der Waals surface area contributed by atoms with Gasteiger partial charge in [-0.15, -0.1) is 0 Å². The first-order valence-electron chi connectivity index (χ1n) is 5.60. The van der Waals surface area contributed by atoms with Gasteiger partial charge >= 0.3 is 0 Å². The summed E-state index contributed by atoms with van der Waals surface area (Å²) < 4.78 is 4.83. The molecule has 18 heavy (non-hydrogen) atoms. The fraction of sp³-hybridized carbons (Fsp3) is 0.231. The van der Waals surface area contributed by atoms with Gasteiger partial charge in [0.1, 0.15) is 11.3 Å². The minimum absolute atomic E-state index is 0.167. The van der Waals surface area contributed by atoms with Crippen molar-refractivity contribution in [3.05, 3.63) is 53.4 Å². The summed E-state index contributed by atoms with van der Waals surface area (Å²) >= 11 is 0. The lowest BCUT2D eigenvalue weighted by Crippen LogP contribution is -2.30. The number of carbonyl (C=O) groups excluding carboxylic acids is 1. The summed E-state index contributed by atoms with van der Waals surface area (Å²) in [6.45, 7) is 1.50. The van der Waals surface area contributed by atoms with Gasteiger partial charge in [-0.1, -0.05) is 35.5 Å². The van der Waals surface area contributed by atoms with Gasteiger partial charge in [-0.2, -0.15) is 0 Å². The van der Waals surface area contributed by atoms with Crippen LogP contribution >= 0.6 is 0 Å². The van der Waals surface area contributed by atoms with Crippen molar-refractivity contribution in [2.75, 3.05) is 6.61 Å². The van der Waals surface area contributed by atoms with Crippen LogP contribution in [0, 0.1) is 6.92 Å². The van der Waals surface area contributed by atoms with Gasteiger partial charge in [0.2, 0.25) is 0 Å². The van der Waals surface area contributed by atoms with E-state index in [9.17, 15) is 9.90 Å². The Balaban J connectivity index is 2.13. The summed E-state index contributed by atoms with van der Waals surface area (Å²) in [6.07, 6.45) is 1.37. The third-order valence-electron chi connectivity index (χ3n) is 2.69. The first-order chi connectivity index (χ1) is 8.72. The van der Waals surface area contributed by atoms with E-state index in [-0.39, 0.29) is 12.5 Å². The first kappa shape index (κ1) is 12.3. The molecule has 94 valence electrons. The summed E-state index contributed by atoms with van der Waals surface area (Å²) in [6, 6.07) is 8.85. The van der Waals surface area contributed by atoms with Gasteiger partial charge in [0.15, 0.2) is 0 Å². The Morgan fingerprint density at radius 3 is 2.72 bits per heavy atom. The lowest BCUT2D eigenvalue weighted by molar-refractivity contribution is 0.0914. The Bertz CT molecular complexity index is 522. The molecular weight excluding hydrogens is 232 g/mol. The molecule has 2 N–H and O–H groups in total. The lowest BCUT2D eigenvalue weighted by atomic mass is 10.1. The number of hydrogen-bond donors (Lipinski definition) is 2. The largest absolute Gasteiger partial charge is 0.394 e. The van der Waals surface area contributed by atoms with E-state index in [1.165, 1.54) is 6.20 Å². The second-order valence-corrected chi connectivity index (χ2v) is 3.91. The van der Waals surface area contributed by atoms with Crippen LogP contribution in [0.1, 0.15) is 27.7 Å². The predicted molar refractivity (Wildman–Crippen MR) is 65.0 cm³/mol. The molecule has 0 fully saturated rings. The predicted octanol–water partition coefficient (Wildman–Crippen LogP) is 1.45. The monoisotopic (exact) mass is 246 g/mol. The topological polar surface area (TPSA) is 75.4 Å². The highest BCUT2D eigenvalue weighted by molar-refractivity contribution is 5.95. The molecule has 0 radical (unpaired) electrons. The fourth-order valence-corrected chi connectivity index (χ4v) is 1.67. The molecule has 2 aromatic rings. The average Bonchev–Trinajstić information content (AvgIpc) is 2.83. The molecule has 0 aliphatic rings. The van der Waals surface area contributed by atoms with Gasteiger partial charge in [0.05, 0.1) is 18.8 Å². The van der Waals surface area contributed by atoms with Crippen molar-refractivity contribution in [2.24, 2.45) is 0 Å². The number of nitrogens with zero attached hydrogens (tertiary/aromatic N) is 1. The normalized spacial score (nSPS) is 12.1. The van der Waals surface area contributed by atoms with Crippen LogP contribution in [0.2, 0.25) is 0 Å². The highest BCUT2D eigenvalue weighted by Crippen LogP contribution is 2.13. The van der Waals surface area contributed by atoms with Crippen LogP contribution in [0.15, 0.2) is 41.1 Å². The zero-order valence-electron chi connectivity index (χ0n) is 9.96. The van der Waals surface area contributed by atoms with Crippen LogP contribution in [0.4, 0.5) is 0 Å². The van der Waals surface area contributed by atoms with Crippen molar-refractivity contribution in [3.63, 3.8) is 0 Å². The SMILES string of the molecule is Cc1oncc1C(=O)N[C@@H](CO)c1ccccc1. The van der Waals surface area contributed by atoms with E-state index in [1.54, 1.807) is 6.92 Å². The second kappa shape index (κ2) is 5.46. The molecule has 0 aliphatic carbocycles. The minimum Gasteiger partial charge on any atom is -0.394 e. The molecule has 0 saturated heterocycles. The summed E-state index contributed by atoms with van der Waals surface area (Å²) in [7, 11) is 0. The summed E-state index contributed by atoms with van der Waals surface area (Å²) in [5, 5.41) is 15.6. The summed E-state index contributed by atoms with van der Waals surface area (Å²) in [5.41, 5.74) is 1.23. The molecule has 2 rings (SSSR count). The number of aryl methyl sites for hydroxylation is 1. The molecule has 1 heterocycles. The average molecular weight is 246 g/mol. The Morgan fingerprint density at radius 1 is 1.44 bits per heavy atom. The number of nitrogens with one attached hydrogen (secondary N) is 1. The van der Waals surface area contributed by atoms with Crippen LogP contribution in [-0.4, -0.2) is 22.8 Å². The molecule has 1 aromatic carbocycles. The molecule has 0 unspecified atom stereocenters. The third-order valence-corrected chi connectivity index (χ3v) is 2.69. The summed E-state index contributed by atoms with van der Waals surface area (Å²) in [4.78, 5) is 11.9. The molecule has 1 aromatic heterocycles. The van der Waals surface area contributed by atoms with Crippen molar-refractivity contribution < 1.29 is 14.4 Å². The molecule has 0 spiro atoms. The molecule has 5 heteroatoms. The second-order valence-electron chi connectivity index (χ2n) is 3.91. The van der Waals surface area contributed by atoms with Crippen molar-refractivity contribution in [2.45, 2.75) is 13.0 Å². The molecule has 0 saturated carbocycles. The van der Waals surface area contributed by atoms with Crippen LogP contribution in [-0.2, 0) is 0 Å². The number of benzene rings is 1. The van der Waals surface area contributed by atoms with Crippen LogP contribution in [0.5, 0.6) is 0 Å². The van der Waals surface area contributed by atoms with Gasteiger partial charge in [0, 0.05) is 0 Å². The Hall–Kier alpha value is -2.14. The van der Waals surface area contributed by atoms with Crippen molar-refractivity contribution in [1.29, 1.82) is 0 Å². The quantitative estimate of drug-likeness (QED) is 0.856. The zero-order valence-corrected chi connectivity index (χ0v) is 9.96. The number of amides is 1. The van der Waals surface area contributed by atoms with Crippen LogP contribution < -0.4 is 5.32 Å². The third kappa shape index (κ3) is 2.57. The maximum Gasteiger partial charge on any atom is 0.257 e. The number of carbonyl (C=O) groups is 1. The highest BCUT2D eigenvalue weighted by atomic mass is 16.5. The number of aromatic nitrogens is 1. The van der Waals surface area contributed by atoms with Gasteiger partial charge in [0.25, 0.3) is 5.91 Å². The molecule has 1 atom stereocenters. The maximum absolute atomic E-state index is 11.9. The molecular formula is C13H14N2O3. The minimum atomic E-state index is -0.437. The molecule has 1 amide bonds. The Morgan fingerprint density at radius 2 is 2.17 bits per heavy atom. The van der Waals surface area contributed by atoms with Crippen LogP contribution in [0.3, 0.4) is 0 Å². The van der Waals surface area contributed by atoms with E-state index in [0.717, 1.165) is 5.56 Å². The Kier molecular flexibility index (Phi) is 3.74. The standard InChI is InChI=1S/C13H14N2O3/c1-9-11(7-14-18-9)13(17)15-12(8-16)10-5-3-2-4-6-10/h2-7,12,16H,8H2,1H3,(H,15,17)/t12-/m0/s1. The van der Waals surface area contributed by atoms with E-state index < -0.39 is 6.04 Å². The first-order valence-corrected chi connectivity index (χ1v) is 5.60. The highest BCUT2D eigenvalue weighted by Gasteiger charge is 2.18. The van der Waals surface area contributed by atoms with Crippen LogP contribution in [0.25, 0.3) is 0 Å². The van der Waals surface area contributed by atoms with E-state index in [4.69, 9.17) is 4.52 Å². The fourth-order valence-electron chi connectivity index (χ4n) is 1.67. The maximum atomic E-state index is 11.9. The number of aliphatic hydroxyl groups excluding tert-OH is 1. The molecule has 5 nitrogen and oxygen atoms in total. The lowest BCUT2D eigenvalue weighted by Gasteiger charge is -2.16. The Labute approximate surface area is 104 Å². The van der Waals surface area contributed by atoms with Gasteiger partial charge in [-0.3, -0.25) is 4.79 Å². The number of rotatable bonds is 4. The van der Waals surface area contributed by atoms with Gasteiger partial charge in [-0.25, -0.2) is 0 Å². The number of aliphatic hydroxyl groups is 1. The van der Waals surface area contributed by atoms with Gasteiger partial charge < -0.3 is 14.9 Å².